The van der Waals surface area contributed by atoms with Crippen LogP contribution in [0.4, 0.5) is 0 Å². The van der Waals surface area contributed by atoms with E-state index in [1.165, 1.54) is 16.6 Å². The summed E-state index contributed by atoms with van der Waals surface area (Å²) in [5.74, 6) is 1.31. The Morgan fingerprint density at radius 1 is 0.861 bits per heavy atom. The van der Waals surface area contributed by atoms with Crippen LogP contribution >= 0.6 is 0 Å². The number of hydrogen-bond acceptors (Lipinski definition) is 4. The monoisotopic (exact) mass is 491 g/mol. The maximum absolute atomic E-state index is 9.54. The zero-order valence-electron chi connectivity index (χ0n) is 21.5. The molecule has 0 aliphatic carbocycles. The van der Waals surface area contributed by atoms with E-state index in [1.54, 1.807) is 13.2 Å². The predicted octanol–water partition coefficient (Wildman–Crippen LogP) is 4.91. The smallest absolute Gasteiger partial charge is 0.207 e. The highest BCUT2D eigenvalue weighted by atomic mass is 16.5. The lowest BCUT2D eigenvalue weighted by atomic mass is 10.1. The first-order valence-electron chi connectivity index (χ1n) is 11.7. The third kappa shape index (κ3) is 12.3. The van der Waals surface area contributed by atoms with E-state index in [4.69, 9.17) is 9.84 Å². The highest BCUT2D eigenvalue weighted by Gasteiger charge is 1.98. The molecule has 0 fully saturated rings. The Kier molecular flexibility index (Phi) is 15.0. The second-order valence-corrected chi connectivity index (χ2v) is 7.69. The van der Waals surface area contributed by atoms with Crippen LogP contribution in [0.15, 0.2) is 78.9 Å². The number of fused-ring (bicyclic) bond motifs is 1. The molecule has 4 N–H and O–H groups in total. The summed E-state index contributed by atoms with van der Waals surface area (Å²) in [5.41, 5.74) is 4.67. The molecule has 0 aliphatic heterocycles. The normalized spacial score (nSPS) is 9.22. The van der Waals surface area contributed by atoms with Crippen molar-refractivity contribution in [1.29, 1.82) is 0 Å². The van der Waals surface area contributed by atoms with Crippen molar-refractivity contribution >= 4 is 23.7 Å². The number of aromatic hydroxyl groups is 1. The number of aromatic amines is 1. The second-order valence-electron chi connectivity index (χ2n) is 7.69. The number of benzene rings is 3. The van der Waals surface area contributed by atoms with Gasteiger partial charge in [0.2, 0.25) is 12.8 Å². The van der Waals surface area contributed by atoms with Crippen LogP contribution in [0.5, 0.6) is 11.5 Å². The standard InChI is InChI=1S/C10H11NO.C8H10O.C7H8.C4H8N2O2/c1-7-5-8-6-9(12-2)3-4-10(8)11-7;1-2-7-5-3-4-6-8(7)9;1-7-5-3-2-4-6-7;7-3-5-1-2-6-4-8/h3-6,11H,1-2H3;3-6,9H,2H2,1H3;2-6H,1H3;3-4H,1-2H2,(H,5,7)(H,6,8). The highest BCUT2D eigenvalue weighted by molar-refractivity contribution is 5.81. The maximum Gasteiger partial charge on any atom is 0.207 e. The average Bonchev–Trinajstić information content (AvgIpc) is 3.28. The van der Waals surface area contributed by atoms with E-state index in [9.17, 15) is 9.59 Å². The lowest BCUT2D eigenvalue weighted by Gasteiger charge is -1.97. The zero-order valence-corrected chi connectivity index (χ0v) is 21.5. The van der Waals surface area contributed by atoms with Gasteiger partial charge in [-0.2, -0.15) is 0 Å². The average molecular weight is 492 g/mol. The number of para-hydroxylation sites is 1. The lowest BCUT2D eigenvalue weighted by Crippen LogP contribution is -2.25. The van der Waals surface area contributed by atoms with Crippen LogP contribution in [0.2, 0.25) is 0 Å². The van der Waals surface area contributed by atoms with Crippen LogP contribution in [-0.4, -0.2) is 43.1 Å². The Balaban J connectivity index is 0.000000246. The third-order valence-corrected chi connectivity index (χ3v) is 4.86. The SMILES string of the molecule is CCc1ccccc1O.COc1ccc2[nH]c(C)cc2c1.Cc1ccccc1.O=CNCCNC=O. The number of carbonyl (C=O) groups excluding carboxylic acids is 2. The maximum atomic E-state index is 9.54. The number of nitrogens with one attached hydrogen (secondary N) is 3. The molecular weight excluding hydrogens is 454 g/mol. The molecule has 7 heteroatoms. The Bertz CT molecular complexity index is 1130. The van der Waals surface area contributed by atoms with Crippen LogP contribution in [0, 0.1) is 13.8 Å². The van der Waals surface area contributed by atoms with Gasteiger partial charge in [-0.15, -0.1) is 0 Å². The number of hydrogen-bond donors (Lipinski definition) is 4. The fourth-order valence-corrected chi connectivity index (χ4v) is 2.99. The van der Waals surface area contributed by atoms with Gasteiger partial charge in [-0.05, 0) is 56.2 Å². The molecule has 192 valence electrons. The molecule has 36 heavy (non-hydrogen) atoms. The number of aryl methyl sites for hydroxylation is 3. The molecule has 1 heterocycles. The molecule has 0 bridgehead atoms. The molecule has 0 saturated carbocycles. The molecule has 0 unspecified atom stereocenters. The van der Waals surface area contributed by atoms with Gasteiger partial charge in [0.25, 0.3) is 0 Å². The van der Waals surface area contributed by atoms with Crippen molar-refractivity contribution in [3.63, 3.8) is 0 Å². The van der Waals surface area contributed by atoms with Crippen molar-refractivity contribution < 1.29 is 19.4 Å². The molecule has 1 aromatic heterocycles. The third-order valence-electron chi connectivity index (χ3n) is 4.86. The first-order valence-corrected chi connectivity index (χ1v) is 11.7. The molecule has 0 spiro atoms. The lowest BCUT2D eigenvalue weighted by molar-refractivity contribution is -0.111. The second kappa shape index (κ2) is 18.1. The Morgan fingerprint density at radius 2 is 1.47 bits per heavy atom. The van der Waals surface area contributed by atoms with Gasteiger partial charge >= 0.3 is 0 Å². The van der Waals surface area contributed by atoms with Crippen LogP contribution in [0.3, 0.4) is 0 Å². The topological polar surface area (TPSA) is 103 Å². The van der Waals surface area contributed by atoms with Gasteiger partial charge in [0.05, 0.1) is 7.11 Å². The molecule has 2 amide bonds. The Hall–Kier alpha value is -4.26. The molecule has 0 saturated heterocycles. The minimum Gasteiger partial charge on any atom is -0.508 e. The van der Waals surface area contributed by atoms with Gasteiger partial charge in [-0.3, -0.25) is 9.59 Å². The van der Waals surface area contributed by atoms with Crippen LogP contribution in [0.1, 0.15) is 23.7 Å². The molecule has 7 nitrogen and oxygen atoms in total. The summed E-state index contributed by atoms with van der Waals surface area (Å²) >= 11 is 0. The minimum atomic E-state index is 0.403. The summed E-state index contributed by atoms with van der Waals surface area (Å²) in [6, 6.07) is 25.8. The van der Waals surface area contributed by atoms with E-state index in [0.717, 1.165) is 23.3 Å². The number of methoxy groups -OCH3 is 1. The number of H-pyrrole nitrogens is 1. The van der Waals surface area contributed by atoms with Crippen LogP contribution < -0.4 is 15.4 Å². The summed E-state index contributed by atoms with van der Waals surface area (Å²) < 4.78 is 5.12. The molecule has 3 aromatic carbocycles. The molecule has 0 radical (unpaired) electrons. The number of amides is 2. The number of aromatic nitrogens is 1. The summed E-state index contributed by atoms with van der Waals surface area (Å²) in [4.78, 5) is 22.3. The van der Waals surface area contributed by atoms with Crippen molar-refractivity contribution in [1.82, 2.24) is 15.6 Å². The number of phenolic OH excluding ortho intramolecular Hbond substituents is 1. The summed E-state index contributed by atoms with van der Waals surface area (Å²) in [5, 5.41) is 15.1. The fraction of sp³-hybridized carbons (Fsp3) is 0.241. The first-order chi connectivity index (χ1) is 17.4. The van der Waals surface area contributed by atoms with Crippen LogP contribution in [0.25, 0.3) is 10.9 Å². The Morgan fingerprint density at radius 3 is 1.94 bits per heavy atom. The van der Waals surface area contributed by atoms with E-state index in [0.29, 0.717) is 31.7 Å². The van der Waals surface area contributed by atoms with Gasteiger partial charge in [0.15, 0.2) is 0 Å². The van der Waals surface area contributed by atoms with Gasteiger partial charge in [0, 0.05) is 29.7 Å². The van der Waals surface area contributed by atoms with Crippen molar-refractivity contribution in [2.45, 2.75) is 27.2 Å². The zero-order chi connectivity index (χ0) is 26.6. The summed E-state index contributed by atoms with van der Waals surface area (Å²) in [6.45, 7) is 7.13. The van der Waals surface area contributed by atoms with Crippen molar-refractivity contribution in [3.05, 3.63) is 95.7 Å². The summed E-state index contributed by atoms with van der Waals surface area (Å²) in [6.07, 6.45) is 2.08. The largest absolute Gasteiger partial charge is 0.508 e. The molecule has 0 aliphatic rings. The van der Waals surface area contributed by atoms with Crippen molar-refractivity contribution in [2.24, 2.45) is 0 Å². The quantitative estimate of drug-likeness (QED) is 0.218. The van der Waals surface area contributed by atoms with E-state index in [1.807, 2.05) is 68.4 Å². The minimum absolute atomic E-state index is 0.403. The van der Waals surface area contributed by atoms with Crippen LogP contribution in [-0.2, 0) is 16.0 Å². The molecule has 0 atom stereocenters. The van der Waals surface area contributed by atoms with E-state index < -0.39 is 0 Å². The van der Waals surface area contributed by atoms with Gasteiger partial charge in [-0.25, -0.2) is 0 Å². The molecule has 4 aromatic rings. The van der Waals surface area contributed by atoms with Crippen molar-refractivity contribution in [3.8, 4) is 11.5 Å². The highest BCUT2D eigenvalue weighted by Crippen LogP contribution is 2.20. The van der Waals surface area contributed by atoms with Crippen molar-refractivity contribution in [2.75, 3.05) is 20.2 Å². The van der Waals surface area contributed by atoms with Gasteiger partial charge in [-0.1, -0.05) is 61.0 Å². The van der Waals surface area contributed by atoms with Gasteiger partial charge < -0.3 is 25.5 Å². The predicted molar refractivity (Wildman–Crippen MR) is 146 cm³/mol. The number of phenols is 1. The fourth-order valence-electron chi connectivity index (χ4n) is 2.99. The molecular formula is C29H37N3O4. The Labute approximate surface area is 213 Å². The van der Waals surface area contributed by atoms with E-state index >= 15 is 0 Å². The number of ether oxygens (including phenoxy) is 1. The summed E-state index contributed by atoms with van der Waals surface area (Å²) in [7, 11) is 1.68. The van der Waals surface area contributed by atoms with Gasteiger partial charge in [0.1, 0.15) is 11.5 Å². The van der Waals surface area contributed by atoms with E-state index in [2.05, 4.69) is 40.7 Å². The molecule has 4 rings (SSSR count). The first kappa shape index (κ1) is 29.8. The number of rotatable bonds is 7. The van der Waals surface area contributed by atoms with E-state index in [-0.39, 0.29) is 0 Å². The number of carbonyl (C=O) groups is 2.